The van der Waals surface area contributed by atoms with Gasteiger partial charge in [-0.05, 0) is 6.07 Å². The van der Waals surface area contributed by atoms with Gasteiger partial charge in [0.05, 0.1) is 12.1 Å². The van der Waals surface area contributed by atoms with E-state index in [0.29, 0.717) is 5.69 Å². The average Bonchev–Trinajstić information content (AvgIpc) is 1.96. The number of aromatic nitrogens is 2. The van der Waals surface area contributed by atoms with Crippen molar-refractivity contribution in [3.63, 3.8) is 0 Å². The van der Waals surface area contributed by atoms with Crippen LogP contribution in [0.25, 0.3) is 0 Å². The highest BCUT2D eigenvalue weighted by atomic mass is 32.1. The molecular formula is C7H8N2O2S. The van der Waals surface area contributed by atoms with E-state index in [1.54, 1.807) is 0 Å². The van der Waals surface area contributed by atoms with Crippen LogP contribution in [0.15, 0.2) is 16.9 Å². The van der Waals surface area contributed by atoms with E-state index in [1.165, 1.54) is 23.9 Å². The van der Waals surface area contributed by atoms with E-state index in [1.807, 2.05) is 0 Å². The summed E-state index contributed by atoms with van der Waals surface area (Å²) in [5.41, 5.74) is 0.363. The molecule has 0 atom stereocenters. The van der Waals surface area contributed by atoms with Crippen LogP contribution in [0.4, 0.5) is 0 Å². The maximum Gasteiger partial charge on any atom is 0.266 e. The zero-order valence-corrected chi connectivity index (χ0v) is 7.41. The van der Waals surface area contributed by atoms with E-state index < -0.39 is 0 Å². The Morgan fingerprint density at radius 2 is 2.33 bits per heavy atom. The highest BCUT2D eigenvalue weighted by Crippen LogP contribution is 1.94. The van der Waals surface area contributed by atoms with E-state index in [4.69, 9.17) is 0 Å². The number of aryl methyl sites for hydroxylation is 1. The van der Waals surface area contributed by atoms with Crippen molar-refractivity contribution in [2.45, 2.75) is 6.42 Å². The lowest BCUT2D eigenvalue weighted by Gasteiger charge is -1.98. The van der Waals surface area contributed by atoms with Crippen LogP contribution >= 0.6 is 12.6 Å². The molecule has 0 saturated carbocycles. The third-order valence-electron chi connectivity index (χ3n) is 1.35. The summed E-state index contributed by atoms with van der Waals surface area (Å²) in [5.74, 6) is 0. The van der Waals surface area contributed by atoms with Gasteiger partial charge in [-0.15, -0.1) is 12.6 Å². The Hall–Kier alpha value is -1.10. The fourth-order valence-electron chi connectivity index (χ4n) is 0.800. The highest BCUT2D eigenvalue weighted by molar-refractivity contribution is 7.96. The van der Waals surface area contributed by atoms with Crippen molar-refractivity contribution in [1.82, 2.24) is 9.78 Å². The molecule has 0 saturated heterocycles. The molecule has 0 unspecified atom stereocenters. The monoisotopic (exact) mass is 184 g/mol. The van der Waals surface area contributed by atoms with Gasteiger partial charge in [-0.25, -0.2) is 4.68 Å². The van der Waals surface area contributed by atoms with Crippen LogP contribution in [0.1, 0.15) is 5.69 Å². The highest BCUT2D eigenvalue weighted by Gasteiger charge is 2.00. The van der Waals surface area contributed by atoms with Crippen molar-refractivity contribution in [1.29, 1.82) is 0 Å². The molecule has 5 heteroatoms. The van der Waals surface area contributed by atoms with Gasteiger partial charge in [-0.2, -0.15) is 5.10 Å². The van der Waals surface area contributed by atoms with E-state index in [-0.39, 0.29) is 17.1 Å². The molecular weight excluding hydrogens is 176 g/mol. The van der Waals surface area contributed by atoms with Crippen LogP contribution in [0.5, 0.6) is 0 Å². The summed E-state index contributed by atoms with van der Waals surface area (Å²) in [6, 6.07) is 2.90. The molecule has 0 aliphatic rings. The number of carbonyl (C=O) groups is 1. The van der Waals surface area contributed by atoms with Gasteiger partial charge in [0.15, 0.2) is 5.12 Å². The Morgan fingerprint density at radius 1 is 1.67 bits per heavy atom. The number of hydrogen-bond donors (Lipinski definition) is 1. The predicted octanol–water partition coefficient (Wildman–Crippen LogP) is -0.221. The summed E-state index contributed by atoms with van der Waals surface area (Å²) >= 11 is 3.60. The first-order valence-corrected chi connectivity index (χ1v) is 3.79. The van der Waals surface area contributed by atoms with Crippen molar-refractivity contribution in [3.8, 4) is 0 Å². The summed E-state index contributed by atoms with van der Waals surface area (Å²) in [6.45, 7) is 0. The predicted molar refractivity (Wildman–Crippen MR) is 47.2 cm³/mol. The Morgan fingerprint density at radius 3 is 2.83 bits per heavy atom. The largest absolute Gasteiger partial charge is 0.287 e. The standard InChI is InChI=1S/C7H8N2O2S/c1-9-6(10)3-2-5(8-9)4-7(11)12/h2-3H,4H2,1H3,(H,11,12). The number of rotatable bonds is 2. The zero-order valence-electron chi connectivity index (χ0n) is 6.52. The molecule has 1 rings (SSSR count). The Labute approximate surface area is 74.6 Å². The molecule has 0 N–H and O–H groups in total. The van der Waals surface area contributed by atoms with Crippen LogP contribution in [-0.4, -0.2) is 14.9 Å². The van der Waals surface area contributed by atoms with Gasteiger partial charge in [0.1, 0.15) is 0 Å². The minimum Gasteiger partial charge on any atom is -0.287 e. The molecule has 1 aromatic rings. The van der Waals surface area contributed by atoms with Crippen molar-refractivity contribution in [2.75, 3.05) is 0 Å². The second kappa shape index (κ2) is 3.53. The second-order valence-electron chi connectivity index (χ2n) is 2.36. The third kappa shape index (κ3) is 2.20. The summed E-state index contributed by atoms with van der Waals surface area (Å²) < 4.78 is 1.19. The molecule has 4 nitrogen and oxygen atoms in total. The van der Waals surface area contributed by atoms with Gasteiger partial charge in [0, 0.05) is 13.1 Å². The van der Waals surface area contributed by atoms with Crippen LogP contribution in [-0.2, 0) is 18.3 Å². The van der Waals surface area contributed by atoms with Gasteiger partial charge < -0.3 is 0 Å². The van der Waals surface area contributed by atoms with Gasteiger partial charge >= 0.3 is 0 Å². The van der Waals surface area contributed by atoms with Gasteiger partial charge in [0.2, 0.25) is 0 Å². The van der Waals surface area contributed by atoms with Gasteiger partial charge in [0.25, 0.3) is 5.56 Å². The van der Waals surface area contributed by atoms with E-state index in [0.717, 1.165) is 0 Å². The quantitative estimate of drug-likeness (QED) is 0.646. The van der Waals surface area contributed by atoms with Crippen LogP contribution in [0.2, 0.25) is 0 Å². The van der Waals surface area contributed by atoms with Crippen molar-refractivity contribution in [2.24, 2.45) is 7.05 Å². The Bertz CT molecular complexity index is 359. The first-order valence-electron chi connectivity index (χ1n) is 3.34. The van der Waals surface area contributed by atoms with Crippen molar-refractivity contribution in [3.05, 3.63) is 28.2 Å². The normalized spacial score (nSPS) is 9.83. The fourth-order valence-corrected chi connectivity index (χ4v) is 0.962. The van der Waals surface area contributed by atoms with Crippen LogP contribution in [0.3, 0.4) is 0 Å². The van der Waals surface area contributed by atoms with E-state index in [2.05, 4.69) is 17.7 Å². The summed E-state index contributed by atoms with van der Waals surface area (Å²) in [6.07, 6.45) is 0.150. The molecule has 0 aliphatic carbocycles. The molecule has 1 heterocycles. The van der Waals surface area contributed by atoms with E-state index >= 15 is 0 Å². The maximum atomic E-state index is 10.9. The van der Waals surface area contributed by atoms with Gasteiger partial charge in [-0.3, -0.25) is 9.59 Å². The molecule has 0 aliphatic heterocycles. The number of hydrogen-bond acceptors (Lipinski definition) is 3. The third-order valence-corrected chi connectivity index (χ3v) is 1.51. The summed E-state index contributed by atoms with van der Waals surface area (Å²) in [5, 5.41) is 3.58. The molecule has 0 amide bonds. The second-order valence-corrected chi connectivity index (χ2v) is 2.86. The molecule has 64 valence electrons. The molecule has 1 aromatic heterocycles. The number of thiol groups is 1. The average molecular weight is 184 g/mol. The molecule has 12 heavy (non-hydrogen) atoms. The Balaban J connectivity index is 2.97. The zero-order chi connectivity index (χ0) is 9.14. The number of carbonyl (C=O) groups excluding carboxylic acids is 1. The first kappa shape index (κ1) is 8.99. The topological polar surface area (TPSA) is 52.0 Å². The van der Waals surface area contributed by atoms with Gasteiger partial charge in [-0.1, -0.05) is 0 Å². The SMILES string of the molecule is Cn1nc(CC(=O)S)ccc1=O. The molecule has 0 spiro atoms. The molecule has 0 radical (unpaired) electrons. The lowest BCUT2D eigenvalue weighted by molar-refractivity contribution is -0.110. The van der Waals surface area contributed by atoms with Crippen molar-refractivity contribution < 1.29 is 4.79 Å². The fraction of sp³-hybridized carbons (Fsp3) is 0.286. The number of nitrogens with zero attached hydrogens (tertiary/aromatic N) is 2. The lowest BCUT2D eigenvalue weighted by atomic mass is 10.3. The first-order chi connectivity index (χ1) is 5.59. The van der Waals surface area contributed by atoms with E-state index in [9.17, 15) is 9.59 Å². The lowest BCUT2D eigenvalue weighted by Crippen LogP contribution is -2.19. The summed E-state index contributed by atoms with van der Waals surface area (Å²) in [4.78, 5) is 21.4. The van der Waals surface area contributed by atoms with Crippen molar-refractivity contribution >= 4 is 17.7 Å². The van der Waals surface area contributed by atoms with Crippen LogP contribution < -0.4 is 5.56 Å². The minimum absolute atomic E-state index is 0.150. The maximum absolute atomic E-state index is 10.9. The Kier molecular flexibility index (Phi) is 2.65. The minimum atomic E-state index is -0.263. The smallest absolute Gasteiger partial charge is 0.266 e. The molecule has 0 fully saturated rings. The molecule has 0 bridgehead atoms. The molecule has 0 aromatic carbocycles. The van der Waals surface area contributed by atoms with Crippen LogP contribution in [0, 0.1) is 0 Å². The summed E-state index contributed by atoms with van der Waals surface area (Å²) in [7, 11) is 1.54.